The number of aromatic nitrogens is 2. The SMILES string of the molecule is CN1CCN(c2ccc(Oc3cc(CN4CCC5C(CC4)C5C(=O)O)cc(-c4cc(Cl)cc(Cl)c4)n3)cn2)CC1. The molecular formula is C30H33Cl2N5O3. The van der Waals surface area contributed by atoms with Gasteiger partial charge in [0.05, 0.1) is 17.8 Å². The van der Waals surface area contributed by atoms with Crippen LogP contribution < -0.4 is 9.64 Å². The lowest BCUT2D eigenvalue weighted by atomic mass is 10.1. The van der Waals surface area contributed by atoms with E-state index in [1.165, 1.54) is 0 Å². The van der Waals surface area contributed by atoms with Gasteiger partial charge in [0.25, 0.3) is 0 Å². The molecule has 3 aromatic rings. The Morgan fingerprint density at radius 2 is 1.68 bits per heavy atom. The molecule has 1 aliphatic carbocycles. The summed E-state index contributed by atoms with van der Waals surface area (Å²) in [6, 6.07) is 13.3. The van der Waals surface area contributed by atoms with E-state index in [2.05, 4.69) is 32.8 Å². The van der Waals surface area contributed by atoms with Crippen molar-refractivity contribution in [3.05, 3.63) is 64.3 Å². The Bertz CT molecular complexity index is 1350. The molecule has 10 heteroatoms. The highest BCUT2D eigenvalue weighted by Crippen LogP contribution is 2.52. The topological polar surface area (TPSA) is 82.0 Å². The van der Waals surface area contributed by atoms with Gasteiger partial charge in [0.2, 0.25) is 5.88 Å². The van der Waals surface area contributed by atoms with Gasteiger partial charge in [0.15, 0.2) is 0 Å². The maximum absolute atomic E-state index is 11.5. The number of likely N-dealkylation sites (N-methyl/N-ethyl adjacent to an activating group) is 1. The number of rotatable bonds is 7. The Balaban J connectivity index is 1.21. The van der Waals surface area contributed by atoms with Crippen LogP contribution >= 0.6 is 23.2 Å². The van der Waals surface area contributed by atoms with E-state index in [0.29, 0.717) is 33.5 Å². The number of hydrogen-bond acceptors (Lipinski definition) is 7. The first-order chi connectivity index (χ1) is 19.3. The third-order valence-corrected chi connectivity index (χ3v) is 8.81. The normalized spacial score (nSPS) is 23.4. The molecule has 3 aliphatic rings. The number of nitrogens with zero attached hydrogens (tertiary/aromatic N) is 5. The average Bonchev–Trinajstić information content (AvgIpc) is 3.66. The molecule has 3 fully saturated rings. The van der Waals surface area contributed by atoms with E-state index in [1.54, 1.807) is 12.3 Å². The van der Waals surface area contributed by atoms with Crippen molar-refractivity contribution in [2.24, 2.45) is 17.8 Å². The van der Waals surface area contributed by atoms with Crippen molar-refractivity contribution in [3.63, 3.8) is 0 Å². The number of ether oxygens (including phenoxy) is 1. The summed E-state index contributed by atoms with van der Waals surface area (Å²) in [6.07, 6.45) is 3.58. The lowest BCUT2D eigenvalue weighted by Gasteiger charge is -2.33. The van der Waals surface area contributed by atoms with Gasteiger partial charge in [-0.15, -0.1) is 0 Å². The van der Waals surface area contributed by atoms with Crippen LogP contribution in [0.3, 0.4) is 0 Å². The predicted molar refractivity (Wildman–Crippen MR) is 156 cm³/mol. The maximum atomic E-state index is 11.5. The minimum absolute atomic E-state index is 0.154. The summed E-state index contributed by atoms with van der Waals surface area (Å²) in [7, 11) is 2.14. The maximum Gasteiger partial charge on any atom is 0.307 e. The number of carbonyl (C=O) groups is 1. The molecule has 1 saturated carbocycles. The van der Waals surface area contributed by atoms with Gasteiger partial charge in [-0.25, -0.2) is 9.97 Å². The molecule has 0 radical (unpaired) electrons. The lowest BCUT2D eigenvalue weighted by molar-refractivity contribution is -0.139. The molecule has 1 aromatic carbocycles. The summed E-state index contributed by atoms with van der Waals surface area (Å²) < 4.78 is 6.23. The van der Waals surface area contributed by atoms with E-state index in [1.807, 2.05) is 30.3 Å². The summed E-state index contributed by atoms with van der Waals surface area (Å²) in [4.78, 5) is 27.9. The lowest BCUT2D eigenvalue weighted by Crippen LogP contribution is -2.44. The van der Waals surface area contributed by atoms with Crippen LogP contribution in [-0.4, -0.2) is 77.2 Å². The third-order valence-electron chi connectivity index (χ3n) is 8.37. The number of pyridine rings is 2. The van der Waals surface area contributed by atoms with Crippen LogP contribution in [0.25, 0.3) is 11.3 Å². The van der Waals surface area contributed by atoms with Crippen LogP contribution in [0.5, 0.6) is 11.6 Å². The van der Waals surface area contributed by atoms with Crippen molar-refractivity contribution >= 4 is 35.0 Å². The molecule has 2 unspecified atom stereocenters. The van der Waals surface area contributed by atoms with Crippen LogP contribution in [0.4, 0.5) is 5.82 Å². The van der Waals surface area contributed by atoms with Crippen LogP contribution in [-0.2, 0) is 11.3 Å². The number of benzene rings is 1. The van der Waals surface area contributed by atoms with E-state index in [-0.39, 0.29) is 5.92 Å². The Labute approximate surface area is 244 Å². The number of anilines is 1. The van der Waals surface area contributed by atoms with E-state index >= 15 is 0 Å². The standard InChI is InChI=1S/C30H33Cl2N5O3/c1-35-8-10-37(11-9-35)27-3-2-23(17-33-27)40-28-13-19(12-26(34-28)20-14-21(31)16-22(32)15-20)18-36-6-4-24-25(5-7-36)29(24)30(38)39/h2-3,12-17,24-25,29H,4-11,18H2,1H3,(H,38,39). The molecular weight excluding hydrogens is 549 g/mol. The van der Waals surface area contributed by atoms with E-state index in [0.717, 1.165) is 81.3 Å². The van der Waals surface area contributed by atoms with Crippen LogP contribution in [0.1, 0.15) is 18.4 Å². The van der Waals surface area contributed by atoms with Crippen LogP contribution in [0.15, 0.2) is 48.7 Å². The second-order valence-corrected chi connectivity index (χ2v) is 12.0. The minimum atomic E-state index is -0.643. The first kappa shape index (κ1) is 27.3. The summed E-state index contributed by atoms with van der Waals surface area (Å²) in [5.41, 5.74) is 2.60. The fraction of sp³-hybridized carbons (Fsp3) is 0.433. The molecule has 4 heterocycles. The fourth-order valence-corrected chi connectivity index (χ4v) is 6.64. The number of piperazine rings is 1. The predicted octanol–water partition coefficient (Wildman–Crippen LogP) is 5.54. The first-order valence-electron chi connectivity index (χ1n) is 13.8. The minimum Gasteiger partial charge on any atom is -0.481 e. The molecule has 1 N–H and O–H groups in total. The van der Waals surface area contributed by atoms with Gasteiger partial charge in [0, 0.05) is 54.4 Å². The van der Waals surface area contributed by atoms with Gasteiger partial charge in [0.1, 0.15) is 11.6 Å². The molecule has 0 amide bonds. The van der Waals surface area contributed by atoms with Gasteiger partial charge in [-0.05, 0) is 86.8 Å². The van der Waals surface area contributed by atoms with E-state index in [9.17, 15) is 9.90 Å². The highest BCUT2D eigenvalue weighted by molar-refractivity contribution is 6.35. The zero-order valence-corrected chi connectivity index (χ0v) is 24.0. The van der Waals surface area contributed by atoms with Crippen molar-refractivity contribution in [3.8, 4) is 22.9 Å². The fourth-order valence-electron chi connectivity index (χ4n) is 6.12. The number of hydrogen-bond donors (Lipinski definition) is 1. The average molecular weight is 583 g/mol. The first-order valence-corrected chi connectivity index (χ1v) is 14.6. The molecule has 6 rings (SSSR count). The number of aliphatic carboxylic acids is 1. The summed E-state index contributed by atoms with van der Waals surface area (Å²) in [6.45, 7) is 6.41. The summed E-state index contributed by atoms with van der Waals surface area (Å²) in [5.74, 6) is 1.86. The molecule has 210 valence electrons. The molecule has 2 saturated heterocycles. The van der Waals surface area contributed by atoms with E-state index < -0.39 is 5.97 Å². The van der Waals surface area contributed by atoms with Gasteiger partial charge >= 0.3 is 5.97 Å². The highest BCUT2D eigenvalue weighted by Gasteiger charge is 2.54. The number of carboxylic acid groups (broad SMARTS) is 1. The zero-order valence-electron chi connectivity index (χ0n) is 22.5. The zero-order chi connectivity index (χ0) is 27.8. The number of halogens is 2. The monoisotopic (exact) mass is 581 g/mol. The molecule has 2 atom stereocenters. The second kappa shape index (κ2) is 11.5. The Hall–Kier alpha value is -2.91. The number of fused-ring (bicyclic) bond motifs is 1. The Kier molecular flexibility index (Phi) is 7.86. The Morgan fingerprint density at radius 1 is 0.975 bits per heavy atom. The molecule has 0 bridgehead atoms. The van der Waals surface area contributed by atoms with Gasteiger partial charge in [-0.2, -0.15) is 0 Å². The molecule has 0 spiro atoms. The van der Waals surface area contributed by atoms with Gasteiger partial charge in [-0.3, -0.25) is 9.69 Å². The quantitative estimate of drug-likeness (QED) is 0.389. The molecule has 2 aromatic heterocycles. The largest absolute Gasteiger partial charge is 0.481 e. The number of likely N-dealkylation sites (tertiary alicyclic amines) is 1. The third kappa shape index (κ3) is 6.20. The van der Waals surface area contributed by atoms with Crippen molar-refractivity contribution < 1.29 is 14.6 Å². The van der Waals surface area contributed by atoms with Crippen LogP contribution in [0, 0.1) is 17.8 Å². The van der Waals surface area contributed by atoms with Gasteiger partial charge in [-0.1, -0.05) is 23.2 Å². The smallest absolute Gasteiger partial charge is 0.307 e. The second-order valence-electron chi connectivity index (χ2n) is 11.1. The number of carboxylic acids is 1. The van der Waals surface area contributed by atoms with Crippen molar-refractivity contribution in [1.29, 1.82) is 0 Å². The summed E-state index contributed by atoms with van der Waals surface area (Å²) >= 11 is 12.6. The van der Waals surface area contributed by atoms with Crippen molar-refractivity contribution in [1.82, 2.24) is 19.8 Å². The highest BCUT2D eigenvalue weighted by atomic mass is 35.5. The Morgan fingerprint density at radius 3 is 2.30 bits per heavy atom. The van der Waals surface area contributed by atoms with Crippen LogP contribution in [0.2, 0.25) is 10.0 Å². The molecule has 8 nitrogen and oxygen atoms in total. The van der Waals surface area contributed by atoms with Gasteiger partial charge < -0.3 is 19.6 Å². The van der Waals surface area contributed by atoms with Crippen molar-refractivity contribution in [2.45, 2.75) is 19.4 Å². The summed E-state index contributed by atoms with van der Waals surface area (Å²) in [5, 5.41) is 10.5. The molecule has 2 aliphatic heterocycles. The van der Waals surface area contributed by atoms with E-state index in [4.69, 9.17) is 32.9 Å². The molecule has 40 heavy (non-hydrogen) atoms. The van der Waals surface area contributed by atoms with Crippen molar-refractivity contribution in [2.75, 3.05) is 51.2 Å².